The van der Waals surface area contributed by atoms with Crippen LogP contribution in [0, 0.1) is 0 Å². The number of hydrogen-bond acceptors (Lipinski definition) is 6. The first-order valence-electron chi connectivity index (χ1n) is 8.78. The SMILES string of the molecule is CCc1cc2c(SCC(=O)N[C@@H](C)c3cc4ccccc4o3)ncnc2s1. The van der Waals surface area contributed by atoms with E-state index in [0.717, 1.165) is 38.4 Å². The maximum Gasteiger partial charge on any atom is 0.230 e. The molecular formula is C20H19N3O2S2. The van der Waals surface area contributed by atoms with Gasteiger partial charge in [-0.15, -0.1) is 11.3 Å². The summed E-state index contributed by atoms with van der Waals surface area (Å²) < 4.78 is 5.83. The maximum absolute atomic E-state index is 12.4. The number of rotatable bonds is 6. The molecule has 0 fully saturated rings. The Morgan fingerprint density at radius 1 is 1.30 bits per heavy atom. The number of aryl methyl sites for hydroxylation is 1. The fraction of sp³-hybridized carbons (Fsp3) is 0.250. The van der Waals surface area contributed by atoms with Crippen LogP contribution in [0.2, 0.25) is 0 Å². The molecule has 1 N–H and O–H groups in total. The van der Waals surface area contributed by atoms with Crippen LogP contribution in [0.15, 0.2) is 52.2 Å². The summed E-state index contributed by atoms with van der Waals surface area (Å²) in [5.74, 6) is 1.00. The van der Waals surface area contributed by atoms with Crippen LogP contribution in [0.3, 0.4) is 0 Å². The lowest BCUT2D eigenvalue weighted by Crippen LogP contribution is -2.27. The van der Waals surface area contributed by atoms with Gasteiger partial charge in [-0.1, -0.05) is 36.9 Å². The lowest BCUT2D eigenvalue weighted by Gasteiger charge is -2.11. The summed E-state index contributed by atoms with van der Waals surface area (Å²) in [7, 11) is 0. The number of furan rings is 1. The number of para-hydroxylation sites is 1. The zero-order valence-electron chi connectivity index (χ0n) is 15.1. The Hall–Kier alpha value is -2.38. The van der Waals surface area contributed by atoms with E-state index in [-0.39, 0.29) is 11.9 Å². The van der Waals surface area contributed by atoms with Crippen LogP contribution < -0.4 is 5.32 Å². The zero-order chi connectivity index (χ0) is 18.8. The summed E-state index contributed by atoms with van der Waals surface area (Å²) in [4.78, 5) is 23.3. The summed E-state index contributed by atoms with van der Waals surface area (Å²) in [6.07, 6.45) is 2.54. The number of nitrogens with one attached hydrogen (secondary N) is 1. The lowest BCUT2D eigenvalue weighted by atomic mass is 10.2. The molecule has 7 heteroatoms. The second-order valence-electron chi connectivity index (χ2n) is 6.23. The highest BCUT2D eigenvalue weighted by molar-refractivity contribution is 8.00. The normalized spacial score (nSPS) is 12.5. The van der Waals surface area contributed by atoms with Gasteiger partial charge in [0, 0.05) is 15.6 Å². The van der Waals surface area contributed by atoms with Gasteiger partial charge in [-0.25, -0.2) is 9.97 Å². The average Bonchev–Trinajstić information content (AvgIpc) is 3.30. The van der Waals surface area contributed by atoms with E-state index in [9.17, 15) is 4.79 Å². The predicted molar refractivity (Wildman–Crippen MR) is 110 cm³/mol. The van der Waals surface area contributed by atoms with Crippen molar-refractivity contribution in [3.8, 4) is 0 Å². The van der Waals surface area contributed by atoms with Crippen molar-refractivity contribution in [3.63, 3.8) is 0 Å². The summed E-state index contributed by atoms with van der Waals surface area (Å²) in [5.41, 5.74) is 0.829. The van der Waals surface area contributed by atoms with Crippen LogP contribution in [-0.4, -0.2) is 21.6 Å². The zero-order valence-corrected chi connectivity index (χ0v) is 16.7. The van der Waals surface area contributed by atoms with Crippen LogP contribution >= 0.6 is 23.1 Å². The number of benzene rings is 1. The minimum absolute atomic E-state index is 0.0503. The van der Waals surface area contributed by atoms with Crippen molar-refractivity contribution in [2.45, 2.75) is 31.3 Å². The van der Waals surface area contributed by atoms with Crippen LogP contribution in [0.5, 0.6) is 0 Å². The third-order valence-electron chi connectivity index (χ3n) is 4.28. The standard InChI is InChI=1S/C20H19N3O2S2/c1-3-14-9-15-19(21-11-22-20(15)27-14)26-10-18(24)23-12(2)17-8-13-6-4-5-7-16(13)25-17/h4-9,11-12H,3,10H2,1-2H3,(H,23,24)/t12-/m0/s1. The molecule has 0 aliphatic carbocycles. The fourth-order valence-electron chi connectivity index (χ4n) is 2.88. The molecule has 4 aromatic rings. The number of fused-ring (bicyclic) bond motifs is 2. The van der Waals surface area contributed by atoms with Crippen LogP contribution in [0.1, 0.15) is 30.5 Å². The summed E-state index contributed by atoms with van der Waals surface area (Å²) in [5, 5.41) is 5.91. The molecule has 1 amide bonds. The van der Waals surface area contributed by atoms with Crippen molar-refractivity contribution >= 4 is 50.2 Å². The third kappa shape index (κ3) is 3.84. The Morgan fingerprint density at radius 3 is 2.96 bits per heavy atom. The molecule has 0 radical (unpaired) electrons. The van der Waals surface area contributed by atoms with Gasteiger partial charge in [0.2, 0.25) is 5.91 Å². The molecule has 5 nitrogen and oxygen atoms in total. The number of carbonyl (C=O) groups excluding carboxylic acids is 1. The Bertz CT molecular complexity index is 1070. The highest BCUT2D eigenvalue weighted by atomic mass is 32.2. The quantitative estimate of drug-likeness (QED) is 0.367. The minimum Gasteiger partial charge on any atom is -0.459 e. The summed E-state index contributed by atoms with van der Waals surface area (Å²) in [6.45, 7) is 4.05. The Balaban J connectivity index is 1.41. The number of aromatic nitrogens is 2. The van der Waals surface area contributed by atoms with Gasteiger partial charge in [-0.2, -0.15) is 0 Å². The molecule has 3 aromatic heterocycles. The fourth-order valence-corrected chi connectivity index (χ4v) is 4.66. The van der Waals surface area contributed by atoms with Gasteiger partial charge < -0.3 is 9.73 Å². The van der Waals surface area contributed by atoms with Crippen LogP contribution in [-0.2, 0) is 11.2 Å². The average molecular weight is 398 g/mol. The molecule has 3 heterocycles. The predicted octanol–water partition coefficient (Wildman–Crippen LogP) is 4.97. The molecule has 27 heavy (non-hydrogen) atoms. The minimum atomic E-state index is -0.191. The van der Waals surface area contributed by atoms with Gasteiger partial charge in [0.25, 0.3) is 0 Å². The molecule has 0 saturated carbocycles. The lowest BCUT2D eigenvalue weighted by molar-refractivity contribution is -0.119. The van der Waals surface area contributed by atoms with Crippen LogP contribution in [0.25, 0.3) is 21.2 Å². The molecule has 4 rings (SSSR count). The summed E-state index contributed by atoms with van der Waals surface area (Å²) >= 11 is 3.12. The number of hydrogen-bond donors (Lipinski definition) is 1. The van der Waals surface area contributed by atoms with Crippen molar-refractivity contribution in [3.05, 3.63) is 53.4 Å². The largest absolute Gasteiger partial charge is 0.459 e. The Labute approximate surface area is 165 Å². The molecule has 1 atom stereocenters. The van der Waals surface area contributed by atoms with E-state index in [1.807, 2.05) is 37.3 Å². The maximum atomic E-state index is 12.4. The van der Waals surface area contributed by atoms with E-state index in [1.54, 1.807) is 17.7 Å². The van der Waals surface area contributed by atoms with Crippen molar-refractivity contribution in [2.24, 2.45) is 0 Å². The molecule has 0 bridgehead atoms. The molecule has 0 aliphatic heterocycles. The van der Waals surface area contributed by atoms with Crippen molar-refractivity contribution < 1.29 is 9.21 Å². The van der Waals surface area contributed by atoms with E-state index in [0.29, 0.717) is 5.75 Å². The van der Waals surface area contributed by atoms with E-state index in [2.05, 4.69) is 28.3 Å². The highest BCUT2D eigenvalue weighted by Crippen LogP contribution is 2.31. The second kappa shape index (κ2) is 7.70. The number of thiophene rings is 1. The number of thioether (sulfide) groups is 1. The monoisotopic (exact) mass is 397 g/mol. The van der Waals surface area contributed by atoms with Crippen molar-refractivity contribution in [1.82, 2.24) is 15.3 Å². The van der Waals surface area contributed by atoms with Gasteiger partial charge in [-0.3, -0.25) is 4.79 Å². The first kappa shape index (κ1) is 18.0. The highest BCUT2D eigenvalue weighted by Gasteiger charge is 2.15. The smallest absolute Gasteiger partial charge is 0.230 e. The first-order valence-corrected chi connectivity index (χ1v) is 10.6. The Morgan fingerprint density at radius 2 is 2.15 bits per heavy atom. The van der Waals surface area contributed by atoms with E-state index >= 15 is 0 Å². The van der Waals surface area contributed by atoms with Crippen LogP contribution in [0.4, 0.5) is 0 Å². The van der Waals surface area contributed by atoms with Crippen molar-refractivity contribution in [2.75, 3.05) is 5.75 Å². The molecule has 1 aromatic carbocycles. The van der Waals surface area contributed by atoms with E-state index < -0.39 is 0 Å². The van der Waals surface area contributed by atoms with Gasteiger partial charge in [0.15, 0.2) is 0 Å². The first-order chi connectivity index (χ1) is 13.1. The van der Waals surface area contributed by atoms with Gasteiger partial charge in [-0.05, 0) is 31.5 Å². The number of nitrogens with zero attached hydrogens (tertiary/aromatic N) is 2. The summed E-state index contributed by atoms with van der Waals surface area (Å²) in [6, 6.07) is 11.7. The van der Waals surface area contributed by atoms with Gasteiger partial charge in [0.05, 0.1) is 11.8 Å². The number of carbonyl (C=O) groups is 1. The second-order valence-corrected chi connectivity index (χ2v) is 8.31. The van der Waals surface area contributed by atoms with Gasteiger partial charge >= 0.3 is 0 Å². The molecule has 0 unspecified atom stereocenters. The molecule has 138 valence electrons. The number of amides is 1. The van der Waals surface area contributed by atoms with E-state index in [4.69, 9.17) is 4.42 Å². The topological polar surface area (TPSA) is 68.0 Å². The molecular weight excluding hydrogens is 378 g/mol. The molecule has 0 saturated heterocycles. The molecule has 0 aliphatic rings. The van der Waals surface area contributed by atoms with E-state index in [1.165, 1.54) is 16.6 Å². The van der Waals surface area contributed by atoms with Gasteiger partial charge in [0.1, 0.15) is 27.5 Å². The van der Waals surface area contributed by atoms with Crippen molar-refractivity contribution in [1.29, 1.82) is 0 Å². The third-order valence-corrected chi connectivity index (χ3v) is 6.47. The molecule has 0 spiro atoms. The Kier molecular flexibility index (Phi) is 5.13.